The first-order valence-electron chi connectivity index (χ1n) is 6.60. The lowest BCUT2D eigenvalue weighted by molar-refractivity contribution is 0.268. The van der Waals surface area contributed by atoms with Crippen LogP contribution in [-0.4, -0.2) is 49.0 Å². The number of guanidine groups is 1. The van der Waals surface area contributed by atoms with E-state index in [0.29, 0.717) is 19.0 Å². The van der Waals surface area contributed by atoms with Crippen LogP contribution in [0.3, 0.4) is 0 Å². The van der Waals surface area contributed by atoms with Gasteiger partial charge in [0, 0.05) is 19.0 Å². The second-order valence-electron chi connectivity index (χ2n) is 4.16. The van der Waals surface area contributed by atoms with Crippen LogP contribution in [0.25, 0.3) is 0 Å². The molecule has 1 aromatic rings. The molecule has 0 radical (unpaired) electrons. The Bertz CT molecular complexity index is 368. The number of nitrogens with zero attached hydrogens (tertiary/aromatic N) is 1. The number of rotatable bonds is 7. The Hall–Kier alpha value is -1.59. The van der Waals surface area contributed by atoms with Crippen LogP contribution in [0, 0.1) is 0 Å². The number of aliphatic hydroxyl groups excluding tert-OH is 2. The summed E-state index contributed by atoms with van der Waals surface area (Å²) in [5.41, 5.74) is 1.08. The van der Waals surface area contributed by atoms with Gasteiger partial charge in [-0.25, -0.2) is 0 Å². The molecule has 0 amide bonds. The lowest BCUT2D eigenvalue weighted by Gasteiger charge is -2.14. The van der Waals surface area contributed by atoms with Crippen LogP contribution in [0.2, 0.25) is 0 Å². The largest absolute Gasteiger partial charge is 0.396 e. The molecule has 1 unspecified atom stereocenters. The molecule has 5 heteroatoms. The minimum absolute atomic E-state index is 0.00853. The zero-order chi connectivity index (χ0) is 13.9. The highest BCUT2D eigenvalue weighted by Crippen LogP contribution is 2.14. The van der Waals surface area contributed by atoms with Crippen molar-refractivity contribution in [3.8, 4) is 0 Å². The van der Waals surface area contributed by atoms with Crippen LogP contribution >= 0.6 is 0 Å². The highest BCUT2D eigenvalue weighted by molar-refractivity contribution is 5.79. The molecule has 0 saturated carbocycles. The van der Waals surface area contributed by atoms with Crippen LogP contribution in [-0.2, 0) is 0 Å². The number of hydrogen-bond acceptors (Lipinski definition) is 3. The lowest BCUT2D eigenvalue weighted by atomic mass is 10.0. The Morgan fingerprint density at radius 2 is 1.95 bits per heavy atom. The summed E-state index contributed by atoms with van der Waals surface area (Å²) < 4.78 is 0. The van der Waals surface area contributed by atoms with Gasteiger partial charge < -0.3 is 20.8 Å². The lowest BCUT2D eigenvalue weighted by Crippen LogP contribution is -2.39. The van der Waals surface area contributed by atoms with Gasteiger partial charge in [0.2, 0.25) is 0 Å². The second kappa shape index (κ2) is 9.35. The Balaban J connectivity index is 2.62. The van der Waals surface area contributed by atoms with E-state index in [1.54, 1.807) is 0 Å². The van der Waals surface area contributed by atoms with Gasteiger partial charge in [0.05, 0.1) is 19.8 Å². The maximum absolute atomic E-state index is 9.45. The molecule has 0 spiro atoms. The van der Waals surface area contributed by atoms with E-state index in [4.69, 9.17) is 5.11 Å². The molecule has 1 atom stereocenters. The summed E-state index contributed by atoms with van der Waals surface area (Å²) >= 11 is 0. The summed E-state index contributed by atoms with van der Waals surface area (Å²) in [7, 11) is 0. The maximum atomic E-state index is 9.45. The van der Waals surface area contributed by atoms with Crippen molar-refractivity contribution < 1.29 is 10.2 Å². The summed E-state index contributed by atoms with van der Waals surface area (Å²) in [6, 6.07) is 9.84. The van der Waals surface area contributed by atoms with Crippen molar-refractivity contribution in [1.29, 1.82) is 0 Å². The highest BCUT2D eigenvalue weighted by atomic mass is 16.3. The van der Waals surface area contributed by atoms with E-state index in [1.807, 2.05) is 37.3 Å². The van der Waals surface area contributed by atoms with Gasteiger partial charge in [-0.2, -0.15) is 0 Å². The van der Waals surface area contributed by atoms with Gasteiger partial charge in [-0.3, -0.25) is 4.99 Å². The molecule has 0 aliphatic rings. The van der Waals surface area contributed by atoms with E-state index in [1.165, 1.54) is 0 Å². The van der Waals surface area contributed by atoms with E-state index >= 15 is 0 Å². The standard InChI is InChI=1S/C14H23N3O2/c1-2-15-14(16-8-9-18)17-10-13(11-19)12-6-4-3-5-7-12/h3-7,13,18-19H,2,8-11H2,1H3,(H2,15,16,17). The van der Waals surface area contributed by atoms with Crippen molar-refractivity contribution in [1.82, 2.24) is 10.6 Å². The van der Waals surface area contributed by atoms with Gasteiger partial charge in [0.1, 0.15) is 0 Å². The molecule has 0 aliphatic carbocycles. The van der Waals surface area contributed by atoms with E-state index < -0.39 is 0 Å². The fraction of sp³-hybridized carbons (Fsp3) is 0.500. The molecule has 1 rings (SSSR count). The molecule has 0 heterocycles. The summed E-state index contributed by atoms with van der Waals surface area (Å²) in [5, 5.41) is 24.4. The Labute approximate surface area is 114 Å². The summed E-state index contributed by atoms with van der Waals surface area (Å²) in [4.78, 5) is 4.42. The third kappa shape index (κ3) is 5.72. The van der Waals surface area contributed by atoms with Crippen molar-refractivity contribution >= 4 is 5.96 Å². The minimum atomic E-state index is -0.00853. The molecule has 0 fully saturated rings. The van der Waals surface area contributed by atoms with Gasteiger partial charge in [0.15, 0.2) is 5.96 Å². The quantitative estimate of drug-likeness (QED) is 0.423. The Morgan fingerprint density at radius 3 is 2.53 bits per heavy atom. The monoisotopic (exact) mass is 265 g/mol. The Kier molecular flexibility index (Phi) is 7.62. The first kappa shape index (κ1) is 15.5. The van der Waals surface area contributed by atoms with Gasteiger partial charge in [-0.1, -0.05) is 30.3 Å². The molecular formula is C14H23N3O2. The molecule has 19 heavy (non-hydrogen) atoms. The number of aliphatic imine (C=N–C) groups is 1. The van der Waals surface area contributed by atoms with Crippen molar-refractivity contribution in [3.63, 3.8) is 0 Å². The fourth-order valence-corrected chi connectivity index (χ4v) is 1.71. The predicted octanol–water partition coefficient (Wildman–Crippen LogP) is 0.310. The van der Waals surface area contributed by atoms with Crippen LogP contribution in [0.1, 0.15) is 18.4 Å². The maximum Gasteiger partial charge on any atom is 0.191 e. The van der Waals surface area contributed by atoms with Crippen LogP contribution in [0.15, 0.2) is 35.3 Å². The van der Waals surface area contributed by atoms with E-state index in [-0.39, 0.29) is 19.1 Å². The molecule has 0 aromatic heterocycles. The molecule has 1 aromatic carbocycles. The summed E-state index contributed by atoms with van der Waals surface area (Å²) in [6.45, 7) is 3.82. The summed E-state index contributed by atoms with van der Waals surface area (Å²) in [5.74, 6) is 0.650. The number of aliphatic hydroxyl groups is 2. The second-order valence-corrected chi connectivity index (χ2v) is 4.16. The van der Waals surface area contributed by atoms with Crippen molar-refractivity contribution in [2.45, 2.75) is 12.8 Å². The number of benzene rings is 1. The number of nitrogens with one attached hydrogen (secondary N) is 2. The van der Waals surface area contributed by atoms with E-state index in [2.05, 4.69) is 15.6 Å². The molecule has 0 aliphatic heterocycles. The van der Waals surface area contributed by atoms with Gasteiger partial charge in [-0.05, 0) is 12.5 Å². The SMILES string of the molecule is CCNC(=NCC(CO)c1ccccc1)NCCO. The highest BCUT2D eigenvalue weighted by Gasteiger charge is 2.09. The zero-order valence-electron chi connectivity index (χ0n) is 11.3. The Morgan fingerprint density at radius 1 is 1.21 bits per heavy atom. The zero-order valence-corrected chi connectivity index (χ0v) is 11.3. The topological polar surface area (TPSA) is 76.9 Å². The number of hydrogen-bond donors (Lipinski definition) is 4. The molecule has 4 N–H and O–H groups in total. The first-order chi connectivity index (χ1) is 9.31. The van der Waals surface area contributed by atoms with Crippen LogP contribution in [0.5, 0.6) is 0 Å². The average Bonchev–Trinajstić information content (AvgIpc) is 2.46. The van der Waals surface area contributed by atoms with Crippen LogP contribution < -0.4 is 10.6 Å². The predicted molar refractivity (Wildman–Crippen MR) is 77.3 cm³/mol. The molecule has 106 valence electrons. The third-order valence-corrected chi connectivity index (χ3v) is 2.71. The molecule has 5 nitrogen and oxygen atoms in total. The smallest absolute Gasteiger partial charge is 0.191 e. The van der Waals surface area contributed by atoms with E-state index in [9.17, 15) is 5.11 Å². The van der Waals surface area contributed by atoms with Gasteiger partial charge in [-0.15, -0.1) is 0 Å². The fourth-order valence-electron chi connectivity index (χ4n) is 1.71. The van der Waals surface area contributed by atoms with Crippen molar-refractivity contribution in [2.75, 3.05) is 32.8 Å². The molecular weight excluding hydrogens is 242 g/mol. The van der Waals surface area contributed by atoms with E-state index in [0.717, 1.165) is 12.1 Å². The van der Waals surface area contributed by atoms with Gasteiger partial charge in [0.25, 0.3) is 0 Å². The normalized spacial score (nSPS) is 13.1. The van der Waals surface area contributed by atoms with Gasteiger partial charge >= 0.3 is 0 Å². The third-order valence-electron chi connectivity index (χ3n) is 2.71. The first-order valence-corrected chi connectivity index (χ1v) is 6.60. The summed E-state index contributed by atoms with van der Waals surface area (Å²) in [6.07, 6.45) is 0. The molecule has 0 saturated heterocycles. The molecule has 0 bridgehead atoms. The van der Waals surface area contributed by atoms with Crippen LogP contribution in [0.4, 0.5) is 0 Å². The van der Waals surface area contributed by atoms with Crippen molar-refractivity contribution in [2.24, 2.45) is 4.99 Å². The minimum Gasteiger partial charge on any atom is -0.396 e. The van der Waals surface area contributed by atoms with Crippen molar-refractivity contribution in [3.05, 3.63) is 35.9 Å². The average molecular weight is 265 g/mol.